The smallest absolute Gasteiger partial charge is 0.109 e. The van der Waals surface area contributed by atoms with E-state index in [-0.39, 0.29) is 0 Å². The zero-order valence-electron chi connectivity index (χ0n) is 9.45. The van der Waals surface area contributed by atoms with E-state index in [1.807, 2.05) is 11.6 Å². The van der Waals surface area contributed by atoms with Crippen molar-refractivity contribution in [2.24, 2.45) is 5.92 Å². The second kappa shape index (κ2) is 5.47. The van der Waals surface area contributed by atoms with Crippen molar-refractivity contribution in [3.05, 3.63) is 16.6 Å². The molecule has 0 fully saturated rings. The normalized spacial score (nSPS) is 17.7. The van der Waals surface area contributed by atoms with E-state index in [0.717, 1.165) is 5.92 Å². The molecule has 3 unspecified atom stereocenters. The average Bonchev–Trinajstić information content (AvgIpc) is 2.69. The molecule has 1 aromatic rings. The Morgan fingerprint density at radius 1 is 1.43 bits per heavy atom. The largest absolute Gasteiger partial charge is 0.305 e. The van der Waals surface area contributed by atoms with E-state index >= 15 is 0 Å². The summed E-state index contributed by atoms with van der Waals surface area (Å²) in [4.78, 5) is 4.31. The molecule has 0 radical (unpaired) electrons. The van der Waals surface area contributed by atoms with Gasteiger partial charge in [0.25, 0.3) is 0 Å². The first kappa shape index (κ1) is 11.7. The molecule has 1 N–H and O–H groups in total. The fourth-order valence-electron chi connectivity index (χ4n) is 1.43. The van der Waals surface area contributed by atoms with Gasteiger partial charge in [-0.3, -0.25) is 0 Å². The van der Waals surface area contributed by atoms with Gasteiger partial charge in [0.2, 0.25) is 0 Å². The van der Waals surface area contributed by atoms with Gasteiger partial charge in [0.15, 0.2) is 0 Å². The van der Waals surface area contributed by atoms with E-state index < -0.39 is 0 Å². The third-order valence-electron chi connectivity index (χ3n) is 2.83. The van der Waals surface area contributed by atoms with E-state index in [1.165, 1.54) is 11.4 Å². The molecule has 0 aliphatic carbocycles. The molecule has 0 amide bonds. The van der Waals surface area contributed by atoms with Crippen molar-refractivity contribution in [3.63, 3.8) is 0 Å². The number of thiazole rings is 1. The Morgan fingerprint density at radius 3 is 2.64 bits per heavy atom. The lowest BCUT2D eigenvalue weighted by Crippen LogP contribution is -2.33. The molecule has 1 rings (SSSR count). The van der Waals surface area contributed by atoms with Crippen LogP contribution in [0, 0.1) is 5.92 Å². The van der Waals surface area contributed by atoms with Gasteiger partial charge < -0.3 is 5.32 Å². The standard InChI is InChI=1S/C11H20N2S/c1-5-8(2)9(3)13-10(4)11-12-6-7-14-11/h6-10,13H,5H2,1-4H3. The first-order valence-corrected chi connectivity index (χ1v) is 6.18. The van der Waals surface area contributed by atoms with Crippen molar-refractivity contribution in [1.82, 2.24) is 10.3 Å². The van der Waals surface area contributed by atoms with Gasteiger partial charge in [-0.1, -0.05) is 20.3 Å². The van der Waals surface area contributed by atoms with Crippen molar-refractivity contribution in [3.8, 4) is 0 Å². The van der Waals surface area contributed by atoms with Crippen molar-refractivity contribution in [1.29, 1.82) is 0 Å². The van der Waals surface area contributed by atoms with Crippen LogP contribution in [0.4, 0.5) is 0 Å². The number of nitrogens with zero attached hydrogens (tertiary/aromatic N) is 1. The fraction of sp³-hybridized carbons (Fsp3) is 0.727. The number of nitrogens with one attached hydrogen (secondary N) is 1. The summed E-state index contributed by atoms with van der Waals surface area (Å²) < 4.78 is 0. The number of hydrogen-bond acceptors (Lipinski definition) is 3. The second-order valence-corrected chi connectivity index (χ2v) is 4.86. The van der Waals surface area contributed by atoms with Crippen molar-refractivity contribution < 1.29 is 0 Å². The predicted octanol–water partition coefficient (Wildman–Crippen LogP) is 3.23. The molecule has 0 bridgehead atoms. The SMILES string of the molecule is CCC(C)C(C)NC(C)c1nccs1. The van der Waals surface area contributed by atoms with E-state index in [2.05, 4.69) is 38.0 Å². The second-order valence-electron chi connectivity index (χ2n) is 3.93. The molecule has 2 nitrogen and oxygen atoms in total. The minimum atomic E-state index is 0.374. The van der Waals surface area contributed by atoms with Crippen molar-refractivity contribution >= 4 is 11.3 Å². The molecule has 0 aromatic carbocycles. The Morgan fingerprint density at radius 2 is 2.14 bits per heavy atom. The summed E-state index contributed by atoms with van der Waals surface area (Å²) in [5.41, 5.74) is 0. The Bertz CT molecular complexity index is 246. The van der Waals surface area contributed by atoms with Gasteiger partial charge in [-0.2, -0.15) is 0 Å². The van der Waals surface area contributed by atoms with E-state index in [4.69, 9.17) is 0 Å². The van der Waals surface area contributed by atoms with Crippen LogP contribution >= 0.6 is 11.3 Å². The monoisotopic (exact) mass is 212 g/mol. The Labute approximate surface area is 90.8 Å². The quantitative estimate of drug-likeness (QED) is 0.810. The van der Waals surface area contributed by atoms with Gasteiger partial charge in [0.1, 0.15) is 5.01 Å². The number of aromatic nitrogens is 1. The molecule has 3 heteroatoms. The maximum atomic E-state index is 4.31. The van der Waals surface area contributed by atoms with Gasteiger partial charge in [-0.25, -0.2) is 4.98 Å². The zero-order valence-corrected chi connectivity index (χ0v) is 10.3. The summed E-state index contributed by atoms with van der Waals surface area (Å²) in [5.74, 6) is 0.720. The first-order valence-electron chi connectivity index (χ1n) is 5.30. The van der Waals surface area contributed by atoms with Crippen LogP contribution < -0.4 is 5.32 Å². The van der Waals surface area contributed by atoms with Crippen LogP contribution in [0.25, 0.3) is 0 Å². The zero-order chi connectivity index (χ0) is 10.6. The highest BCUT2D eigenvalue weighted by molar-refractivity contribution is 7.09. The topological polar surface area (TPSA) is 24.9 Å². The van der Waals surface area contributed by atoms with Crippen LogP contribution in [0.2, 0.25) is 0 Å². The van der Waals surface area contributed by atoms with E-state index in [9.17, 15) is 0 Å². The highest BCUT2D eigenvalue weighted by Gasteiger charge is 2.15. The lowest BCUT2D eigenvalue weighted by molar-refractivity contribution is 0.360. The summed E-state index contributed by atoms with van der Waals surface area (Å²) in [5, 5.41) is 6.79. The van der Waals surface area contributed by atoms with Crippen molar-refractivity contribution in [2.75, 3.05) is 0 Å². The summed E-state index contributed by atoms with van der Waals surface area (Å²) in [6.45, 7) is 8.94. The summed E-state index contributed by atoms with van der Waals surface area (Å²) in [7, 11) is 0. The van der Waals surface area contributed by atoms with E-state index in [0.29, 0.717) is 12.1 Å². The van der Waals surface area contributed by atoms with Gasteiger partial charge in [0.05, 0.1) is 6.04 Å². The van der Waals surface area contributed by atoms with Crippen LogP contribution in [0.3, 0.4) is 0 Å². The molecular formula is C11H20N2S. The average molecular weight is 212 g/mol. The molecule has 0 aliphatic rings. The van der Waals surface area contributed by atoms with Gasteiger partial charge in [0, 0.05) is 17.6 Å². The number of rotatable bonds is 5. The highest BCUT2D eigenvalue weighted by Crippen LogP contribution is 2.17. The Balaban J connectivity index is 2.44. The molecule has 1 heterocycles. The summed E-state index contributed by atoms with van der Waals surface area (Å²) >= 11 is 1.72. The molecule has 0 saturated heterocycles. The van der Waals surface area contributed by atoms with Crippen LogP contribution in [-0.4, -0.2) is 11.0 Å². The minimum Gasteiger partial charge on any atom is -0.305 e. The Kier molecular flexibility index (Phi) is 4.55. The fourth-order valence-corrected chi connectivity index (χ4v) is 2.09. The maximum Gasteiger partial charge on any atom is 0.109 e. The minimum absolute atomic E-state index is 0.374. The third-order valence-corrected chi connectivity index (χ3v) is 3.79. The van der Waals surface area contributed by atoms with Crippen LogP contribution in [0.5, 0.6) is 0 Å². The molecular weight excluding hydrogens is 192 g/mol. The Hall–Kier alpha value is -0.410. The highest BCUT2D eigenvalue weighted by atomic mass is 32.1. The van der Waals surface area contributed by atoms with Gasteiger partial charge >= 0.3 is 0 Å². The molecule has 80 valence electrons. The first-order chi connectivity index (χ1) is 6.65. The van der Waals surface area contributed by atoms with Crippen LogP contribution in [0.15, 0.2) is 11.6 Å². The molecule has 1 aromatic heterocycles. The van der Waals surface area contributed by atoms with Crippen LogP contribution in [-0.2, 0) is 0 Å². The lowest BCUT2D eigenvalue weighted by Gasteiger charge is -2.23. The molecule has 0 aliphatic heterocycles. The molecule has 0 spiro atoms. The summed E-state index contributed by atoms with van der Waals surface area (Å²) in [6.07, 6.45) is 3.09. The van der Waals surface area contributed by atoms with Gasteiger partial charge in [-0.15, -0.1) is 11.3 Å². The lowest BCUT2D eigenvalue weighted by atomic mass is 10.0. The molecule has 0 saturated carbocycles. The van der Waals surface area contributed by atoms with E-state index in [1.54, 1.807) is 11.3 Å². The molecule has 3 atom stereocenters. The molecule has 14 heavy (non-hydrogen) atoms. The van der Waals surface area contributed by atoms with Crippen molar-refractivity contribution in [2.45, 2.75) is 46.2 Å². The van der Waals surface area contributed by atoms with Gasteiger partial charge in [-0.05, 0) is 19.8 Å². The summed E-state index contributed by atoms with van der Waals surface area (Å²) in [6, 6.07) is 0.929. The number of hydrogen-bond donors (Lipinski definition) is 1. The third kappa shape index (κ3) is 3.07. The van der Waals surface area contributed by atoms with Crippen LogP contribution in [0.1, 0.15) is 45.2 Å². The predicted molar refractivity (Wildman–Crippen MR) is 62.6 cm³/mol. The maximum absolute atomic E-state index is 4.31.